The molecule has 2 aromatic rings. The minimum absolute atomic E-state index is 0.120. The predicted octanol–water partition coefficient (Wildman–Crippen LogP) is 2.42. The fourth-order valence-corrected chi connectivity index (χ4v) is 1.60. The van der Waals surface area contributed by atoms with Gasteiger partial charge in [0, 0.05) is 11.9 Å². The average molecular weight is 226 g/mol. The lowest BCUT2D eigenvalue weighted by Crippen LogP contribution is -2.03. The number of aryl methyl sites for hydroxylation is 1. The molecule has 0 saturated heterocycles. The minimum atomic E-state index is -1.51. The van der Waals surface area contributed by atoms with Crippen LogP contribution in [0.5, 0.6) is 0 Å². The van der Waals surface area contributed by atoms with E-state index in [4.69, 9.17) is 5.73 Å². The van der Waals surface area contributed by atoms with Crippen LogP contribution in [0.25, 0.3) is 10.9 Å². The molecule has 0 spiro atoms. The van der Waals surface area contributed by atoms with Gasteiger partial charge in [-0.15, -0.1) is 0 Å². The topological polar surface area (TPSA) is 38.9 Å². The van der Waals surface area contributed by atoms with Crippen LogP contribution in [0, 0.1) is 24.4 Å². The Bertz CT molecular complexity index is 567. The van der Waals surface area contributed by atoms with Crippen LogP contribution in [0.15, 0.2) is 12.1 Å². The van der Waals surface area contributed by atoms with Gasteiger partial charge in [-0.05, 0) is 24.6 Å². The van der Waals surface area contributed by atoms with E-state index < -0.39 is 17.5 Å². The largest absolute Gasteiger partial charge is 0.325 e. The number of benzene rings is 1. The Morgan fingerprint density at radius 1 is 1.19 bits per heavy atom. The fourth-order valence-electron chi connectivity index (χ4n) is 1.60. The number of halogens is 3. The lowest BCUT2D eigenvalue weighted by Gasteiger charge is -2.06. The molecule has 1 heterocycles. The first kappa shape index (κ1) is 10.9. The van der Waals surface area contributed by atoms with Crippen molar-refractivity contribution in [3.05, 3.63) is 40.8 Å². The maximum Gasteiger partial charge on any atom is 0.196 e. The second-order valence-corrected chi connectivity index (χ2v) is 3.52. The highest BCUT2D eigenvalue weighted by molar-refractivity contribution is 5.83. The van der Waals surface area contributed by atoms with E-state index in [2.05, 4.69) is 4.98 Å². The summed E-state index contributed by atoms with van der Waals surface area (Å²) in [7, 11) is 0. The highest BCUT2D eigenvalue weighted by atomic mass is 19.2. The first-order valence-electron chi connectivity index (χ1n) is 4.68. The highest BCUT2D eigenvalue weighted by Crippen LogP contribution is 2.24. The zero-order valence-electron chi connectivity index (χ0n) is 8.52. The van der Waals surface area contributed by atoms with E-state index in [-0.39, 0.29) is 17.4 Å². The van der Waals surface area contributed by atoms with Crippen LogP contribution in [0.4, 0.5) is 13.2 Å². The normalized spacial score (nSPS) is 11.1. The summed E-state index contributed by atoms with van der Waals surface area (Å²) in [5.41, 5.74) is 6.25. The van der Waals surface area contributed by atoms with Crippen molar-refractivity contribution < 1.29 is 13.2 Å². The molecule has 0 fully saturated rings. The van der Waals surface area contributed by atoms with Crippen molar-refractivity contribution in [3.63, 3.8) is 0 Å². The Morgan fingerprint density at radius 3 is 2.50 bits per heavy atom. The Hall–Kier alpha value is -1.62. The predicted molar refractivity (Wildman–Crippen MR) is 54.2 cm³/mol. The molecule has 1 aromatic heterocycles. The van der Waals surface area contributed by atoms with Crippen molar-refractivity contribution in [2.24, 2.45) is 5.73 Å². The van der Waals surface area contributed by atoms with Crippen LogP contribution >= 0.6 is 0 Å². The Labute approximate surface area is 89.9 Å². The van der Waals surface area contributed by atoms with Crippen LogP contribution in [-0.2, 0) is 6.54 Å². The van der Waals surface area contributed by atoms with Crippen molar-refractivity contribution in [1.29, 1.82) is 0 Å². The molecule has 0 amide bonds. The van der Waals surface area contributed by atoms with Crippen LogP contribution in [0.2, 0.25) is 0 Å². The fraction of sp³-hybridized carbons (Fsp3) is 0.182. The van der Waals surface area contributed by atoms with Crippen LogP contribution in [0.1, 0.15) is 11.3 Å². The van der Waals surface area contributed by atoms with Gasteiger partial charge in [-0.1, -0.05) is 0 Å². The van der Waals surface area contributed by atoms with Gasteiger partial charge in [0.05, 0.1) is 5.69 Å². The van der Waals surface area contributed by atoms with Crippen LogP contribution in [0.3, 0.4) is 0 Å². The number of hydrogen-bond acceptors (Lipinski definition) is 2. The Kier molecular flexibility index (Phi) is 2.55. The summed E-state index contributed by atoms with van der Waals surface area (Å²) in [4.78, 5) is 3.85. The molecule has 0 aliphatic carbocycles. The van der Waals surface area contributed by atoms with Crippen molar-refractivity contribution in [3.8, 4) is 0 Å². The maximum atomic E-state index is 13.4. The minimum Gasteiger partial charge on any atom is -0.325 e. The first-order valence-corrected chi connectivity index (χ1v) is 4.68. The first-order chi connectivity index (χ1) is 7.54. The molecular formula is C11H9F3N2. The molecule has 16 heavy (non-hydrogen) atoms. The van der Waals surface area contributed by atoms with E-state index in [1.165, 1.54) is 0 Å². The van der Waals surface area contributed by atoms with Gasteiger partial charge in [-0.2, -0.15) is 0 Å². The van der Waals surface area contributed by atoms with Gasteiger partial charge in [0.2, 0.25) is 0 Å². The van der Waals surface area contributed by atoms with Gasteiger partial charge in [-0.25, -0.2) is 18.2 Å². The summed E-state index contributed by atoms with van der Waals surface area (Å²) < 4.78 is 39.4. The van der Waals surface area contributed by atoms with Crippen molar-refractivity contribution in [1.82, 2.24) is 4.98 Å². The SMILES string of the molecule is Cc1cc(CN)nc2c(F)c(F)c(F)cc12. The molecule has 2 rings (SSSR count). The molecule has 0 aliphatic heterocycles. The third-order valence-corrected chi connectivity index (χ3v) is 2.41. The van der Waals surface area contributed by atoms with E-state index in [1.807, 2.05) is 0 Å². The summed E-state index contributed by atoms with van der Waals surface area (Å²) in [5, 5.41) is 0.258. The molecule has 0 radical (unpaired) electrons. The van der Waals surface area contributed by atoms with Crippen molar-refractivity contribution >= 4 is 10.9 Å². The zero-order chi connectivity index (χ0) is 11.9. The van der Waals surface area contributed by atoms with Gasteiger partial charge < -0.3 is 5.73 Å². The molecule has 1 aromatic carbocycles. The van der Waals surface area contributed by atoms with E-state index in [0.29, 0.717) is 11.3 Å². The molecule has 0 saturated carbocycles. The smallest absolute Gasteiger partial charge is 0.196 e. The lowest BCUT2D eigenvalue weighted by molar-refractivity contribution is 0.452. The van der Waals surface area contributed by atoms with Crippen LogP contribution in [-0.4, -0.2) is 4.98 Å². The molecule has 0 unspecified atom stereocenters. The summed E-state index contributed by atoms with van der Waals surface area (Å²) >= 11 is 0. The quantitative estimate of drug-likeness (QED) is 0.758. The van der Waals surface area contributed by atoms with E-state index in [0.717, 1.165) is 6.07 Å². The Morgan fingerprint density at radius 2 is 1.88 bits per heavy atom. The monoisotopic (exact) mass is 226 g/mol. The standard InChI is InChI=1S/C11H9F3N2/c1-5-2-6(4-15)16-11-7(5)3-8(12)9(13)10(11)14/h2-3H,4,15H2,1H3. The number of rotatable bonds is 1. The van der Waals surface area contributed by atoms with E-state index in [9.17, 15) is 13.2 Å². The van der Waals surface area contributed by atoms with Gasteiger partial charge >= 0.3 is 0 Å². The second-order valence-electron chi connectivity index (χ2n) is 3.52. The lowest BCUT2D eigenvalue weighted by atomic mass is 10.1. The summed E-state index contributed by atoms with van der Waals surface area (Å²) in [6, 6.07) is 2.56. The second kappa shape index (κ2) is 3.75. The van der Waals surface area contributed by atoms with E-state index in [1.54, 1.807) is 13.0 Å². The molecule has 0 aliphatic rings. The zero-order valence-corrected chi connectivity index (χ0v) is 8.52. The average Bonchev–Trinajstić information content (AvgIpc) is 2.27. The number of fused-ring (bicyclic) bond motifs is 1. The molecule has 0 bridgehead atoms. The van der Waals surface area contributed by atoms with Gasteiger partial charge in [-0.3, -0.25) is 0 Å². The third-order valence-electron chi connectivity index (χ3n) is 2.41. The number of nitrogens with two attached hydrogens (primary N) is 1. The third kappa shape index (κ3) is 1.53. The summed E-state index contributed by atoms with van der Waals surface area (Å²) in [6.07, 6.45) is 0. The number of aromatic nitrogens is 1. The maximum absolute atomic E-state index is 13.4. The van der Waals surface area contributed by atoms with Gasteiger partial charge in [0.25, 0.3) is 0 Å². The van der Waals surface area contributed by atoms with Crippen LogP contribution < -0.4 is 5.73 Å². The van der Waals surface area contributed by atoms with Gasteiger partial charge in [0.15, 0.2) is 17.5 Å². The Balaban J connectivity index is 2.90. The highest BCUT2D eigenvalue weighted by Gasteiger charge is 2.16. The van der Waals surface area contributed by atoms with E-state index >= 15 is 0 Å². The number of pyridine rings is 1. The van der Waals surface area contributed by atoms with Crippen molar-refractivity contribution in [2.75, 3.05) is 0 Å². The molecule has 2 nitrogen and oxygen atoms in total. The number of nitrogens with zero attached hydrogens (tertiary/aromatic N) is 1. The summed E-state index contributed by atoms with van der Waals surface area (Å²) in [5.74, 6) is -3.99. The molecular weight excluding hydrogens is 217 g/mol. The van der Waals surface area contributed by atoms with Crippen molar-refractivity contribution in [2.45, 2.75) is 13.5 Å². The molecule has 2 N–H and O–H groups in total. The molecule has 84 valence electrons. The number of hydrogen-bond donors (Lipinski definition) is 1. The molecule has 5 heteroatoms. The molecule has 0 atom stereocenters. The van der Waals surface area contributed by atoms with Gasteiger partial charge in [0.1, 0.15) is 5.52 Å². The summed E-state index contributed by atoms with van der Waals surface area (Å²) in [6.45, 7) is 1.79.